The number of nitrogens with zero attached hydrogens (tertiary/aromatic N) is 1. The summed E-state index contributed by atoms with van der Waals surface area (Å²) in [6.45, 7) is 0.420. The molecule has 1 aliphatic heterocycles. The fourth-order valence-electron chi connectivity index (χ4n) is 2.49. The highest BCUT2D eigenvalue weighted by Gasteiger charge is 2.30. The normalized spacial score (nSPS) is 15.3. The van der Waals surface area contributed by atoms with Crippen molar-refractivity contribution in [3.8, 4) is 11.5 Å². The fourth-order valence-corrected chi connectivity index (χ4v) is 3.63. The molecule has 0 saturated carbocycles. The molecule has 0 unspecified atom stereocenters. The Labute approximate surface area is 184 Å². The van der Waals surface area contributed by atoms with Crippen molar-refractivity contribution in [2.24, 2.45) is 0 Å². The predicted octanol–water partition coefficient (Wildman–Crippen LogP) is 4.01. The fraction of sp³-hybridized carbons (Fsp3) is 0.158. The molecule has 2 aromatic carbocycles. The number of methoxy groups -OCH3 is 1. The van der Waals surface area contributed by atoms with E-state index in [0.29, 0.717) is 18.1 Å². The van der Waals surface area contributed by atoms with E-state index in [9.17, 15) is 9.59 Å². The summed E-state index contributed by atoms with van der Waals surface area (Å²) in [6.07, 6.45) is 1.62. The van der Waals surface area contributed by atoms with Crippen molar-refractivity contribution in [3.63, 3.8) is 0 Å². The van der Waals surface area contributed by atoms with E-state index in [1.807, 2.05) is 30.3 Å². The topological polar surface area (TPSA) is 67.9 Å². The molecule has 0 aliphatic carbocycles. The molecule has 1 N–H and O–H groups in total. The van der Waals surface area contributed by atoms with Crippen molar-refractivity contribution < 1.29 is 19.1 Å². The molecule has 1 heterocycles. The molecule has 27 heavy (non-hydrogen) atoms. The monoisotopic (exact) mass is 590 g/mol. The minimum absolute atomic E-state index is 0.230. The van der Waals surface area contributed by atoms with Crippen LogP contribution >= 0.6 is 45.2 Å². The maximum Gasteiger partial charge on any atom is 0.328 e. The van der Waals surface area contributed by atoms with Gasteiger partial charge in [-0.3, -0.25) is 9.69 Å². The van der Waals surface area contributed by atoms with Crippen LogP contribution in [0.15, 0.2) is 42.1 Å². The predicted molar refractivity (Wildman–Crippen MR) is 118 cm³/mol. The van der Waals surface area contributed by atoms with Gasteiger partial charge in [0.05, 0.1) is 10.7 Å². The van der Waals surface area contributed by atoms with Gasteiger partial charge < -0.3 is 14.8 Å². The molecule has 6 nitrogen and oxygen atoms in total. The SMILES string of the molecule is COc1cc(/C=C2/NC(=O)N(C)C2=O)cc(I)c1OCc1ccc(I)cc1. The van der Waals surface area contributed by atoms with E-state index in [2.05, 4.69) is 50.5 Å². The summed E-state index contributed by atoms with van der Waals surface area (Å²) in [7, 11) is 3.00. The highest BCUT2D eigenvalue weighted by atomic mass is 127. The maximum atomic E-state index is 12.0. The molecular weight excluding hydrogens is 574 g/mol. The van der Waals surface area contributed by atoms with Gasteiger partial charge in [0.2, 0.25) is 0 Å². The van der Waals surface area contributed by atoms with Gasteiger partial charge in [0.15, 0.2) is 11.5 Å². The number of urea groups is 1. The van der Waals surface area contributed by atoms with Gasteiger partial charge in [0.25, 0.3) is 5.91 Å². The number of carbonyl (C=O) groups excluding carboxylic acids is 2. The summed E-state index contributed by atoms with van der Waals surface area (Å²) in [6, 6.07) is 11.3. The number of benzene rings is 2. The van der Waals surface area contributed by atoms with E-state index in [-0.39, 0.29) is 11.6 Å². The first-order valence-electron chi connectivity index (χ1n) is 7.94. The third-order valence-electron chi connectivity index (χ3n) is 3.94. The molecule has 0 atom stereocenters. The highest BCUT2D eigenvalue weighted by Crippen LogP contribution is 2.35. The lowest BCUT2D eigenvalue weighted by Crippen LogP contribution is -2.25. The van der Waals surface area contributed by atoms with Gasteiger partial charge >= 0.3 is 6.03 Å². The Morgan fingerprint density at radius 2 is 1.85 bits per heavy atom. The minimum Gasteiger partial charge on any atom is -0.493 e. The average Bonchev–Trinajstić information content (AvgIpc) is 2.88. The molecule has 1 fully saturated rings. The van der Waals surface area contributed by atoms with E-state index in [0.717, 1.165) is 19.6 Å². The summed E-state index contributed by atoms with van der Waals surface area (Å²) in [5.41, 5.74) is 2.02. The molecule has 0 spiro atoms. The summed E-state index contributed by atoms with van der Waals surface area (Å²) in [5, 5.41) is 2.55. The summed E-state index contributed by atoms with van der Waals surface area (Å²) in [4.78, 5) is 24.6. The summed E-state index contributed by atoms with van der Waals surface area (Å²) >= 11 is 4.42. The number of amides is 3. The second kappa shape index (κ2) is 8.46. The molecule has 3 amide bonds. The summed E-state index contributed by atoms with van der Waals surface area (Å²) < 4.78 is 13.4. The Kier molecular flexibility index (Phi) is 6.25. The Bertz CT molecular complexity index is 926. The molecule has 1 aliphatic rings. The van der Waals surface area contributed by atoms with Crippen molar-refractivity contribution in [2.45, 2.75) is 6.61 Å². The van der Waals surface area contributed by atoms with Gasteiger partial charge in [-0.25, -0.2) is 4.79 Å². The molecular formula is C19H16I2N2O4. The van der Waals surface area contributed by atoms with Crippen molar-refractivity contribution in [1.29, 1.82) is 0 Å². The number of hydrogen-bond donors (Lipinski definition) is 1. The molecule has 3 rings (SSSR count). The highest BCUT2D eigenvalue weighted by molar-refractivity contribution is 14.1. The molecule has 140 valence electrons. The number of rotatable bonds is 5. The number of hydrogen-bond acceptors (Lipinski definition) is 4. The number of carbonyl (C=O) groups is 2. The number of imide groups is 1. The van der Waals surface area contributed by atoms with Crippen LogP contribution in [-0.4, -0.2) is 31.0 Å². The van der Waals surface area contributed by atoms with Crippen LogP contribution in [0, 0.1) is 7.14 Å². The number of nitrogens with one attached hydrogen (secondary N) is 1. The van der Waals surface area contributed by atoms with E-state index in [4.69, 9.17) is 9.47 Å². The van der Waals surface area contributed by atoms with E-state index >= 15 is 0 Å². The maximum absolute atomic E-state index is 12.0. The lowest BCUT2D eigenvalue weighted by molar-refractivity contribution is -0.121. The molecule has 0 bridgehead atoms. The van der Waals surface area contributed by atoms with Gasteiger partial charge in [0.1, 0.15) is 12.3 Å². The standard InChI is InChI=1S/C19H16I2N2O4/c1-23-18(24)15(22-19(23)25)8-12-7-14(21)17(16(9-12)26-2)27-10-11-3-5-13(20)6-4-11/h3-9H,10H2,1-2H3,(H,22,25)/b15-8+. The van der Waals surface area contributed by atoms with Crippen LogP contribution in [0.3, 0.4) is 0 Å². The Morgan fingerprint density at radius 1 is 1.15 bits per heavy atom. The number of halogens is 2. The Morgan fingerprint density at radius 3 is 2.44 bits per heavy atom. The quantitative estimate of drug-likeness (QED) is 0.325. The van der Waals surface area contributed by atoms with E-state index < -0.39 is 6.03 Å². The zero-order valence-corrected chi connectivity index (χ0v) is 18.9. The zero-order valence-electron chi connectivity index (χ0n) is 14.6. The van der Waals surface area contributed by atoms with Crippen molar-refractivity contribution in [3.05, 3.63) is 60.4 Å². The van der Waals surface area contributed by atoms with Crippen LogP contribution in [0.5, 0.6) is 11.5 Å². The van der Waals surface area contributed by atoms with Crippen LogP contribution in [0.25, 0.3) is 6.08 Å². The van der Waals surface area contributed by atoms with Gasteiger partial charge in [-0.05, 0) is 86.7 Å². The lowest BCUT2D eigenvalue weighted by atomic mass is 10.1. The van der Waals surface area contributed by atoms with Crippen molar-refractivity contribution in [2.75, 3.05) is 14.2 Å². The van der Waals surface area contributed by atoms with Crippen LogP contribution in [0.1, 0.15) is 11.1 Å². The van der Waals surface area contributed by atoms with Gasteiger partial charge in [0, 0.05) is 10.6 Å². The van der Waals surface area contributed by atoms with Gasteiger partial charge in [-0.15, -0.1) is 0 Å². The van der Waals surface area contributed by atoms with Crippen LogP contribution in [-0.2, 0) is 11.4 Å². The smallest absolute Gasteiger partial charge is 0.328 e. The first-order chi connectivity index (χ1) is 12.9. The lowest BCUT2D eigenvalue weighted by Gasteiger charge is -2.14. The van der Waals surface area contributed by atoms with Crippen molar-refractivity contribution in [1.82, 2.24) is 10.2 Å². The molecule has 1 saturated heterocycles. The second-order valence-corrected chi connectivity index (χ2v) is 8.21. The molecule has 0 aromatic heterocycles. The van der Waals surface area contributed by atoms with E-state index in [1.165, 1.54) is 10.6 Å². The third-order valence-corrected chi connectivity index (χ3v) is 5.46. The average molecular weight is 590 g/mol. The Hall–Kier alpha value is -1.82. The minimum atomic E-state index is -0.439. The van der Waals surface area contributed by atoms with Crippen LogP contribution < -0.4 is 14.8 Å². The van der Waals surface area contributed by atoms with E-state index in [1.54, 1.807) is 19.3 Å². The second-order valence-electron chi connectivity index (χ2n) is 5.80. The number of likely N-dealkylation sites (N-methyl/N-ethyl adjacent to an activating group) is 1. The molecule has 8 heteroatoms. The van der Waals surface area contributed by atoms with Crippen molar-refractivity contribution >= 4 is 63.2 Å². The van der Waals surface area contributed by atoms with Gasteiger partial charge in [-0.1, -0.05) is 12.1 Å². The number of ether oxygens (including phenoxy) is 2. The van der Waals surface area contributed by atoms with Crippen LogP contribution in [0.4, 0.5) is 4.79 Å². The Balaban J connectivity index is 1.84. The third kappa shape index (κ3) is 4.54. The molecule has 2 aromatic rings. The summed E-state index contributed by atoms with van der Waals surface area (Å²) in [5.74, 6) is 0.829. The largest absolute Gasteiger partial charge is 0.493 e. The van der Waals surface area contributed by atoms with Crippen LogP contribution in [0.2, 0.25) is 0 Å². The van der Waals surface area contributed by atoms with Gasteiger partial charge in [-0.2, -0.15) is 0 Å². The molecule has 0 radical (unpaired) electrons. The first-order valence-corrected chi connectivity index (χ1v) is 10.1. The zero-order chi connectivity index (χ0) is 19.6. The first kappa shape index (κ1) is 19.9.